The smallest absolute Gasteiger partial charge is 0.137 e. The Morgan fingerprint density at radius 1 is 1.24 bits per heavy atom. The van der Waals surface area contributed by atoms with Crippen molar-refractivity contribution in [2.45, 2.75) is 40.0 Å². The number of rotatable bonds is 7. The van der Waals surface area contributed by atoms with Crippen molar-refractivity contribution in [3.63, 3.8) is 0 Å². The van der Waals surface area contributed by atoms with Gasteiger partial charge in [0.05, 0.1) is 30.7 Å². The van der Waals surface area contributed by atoms with Crippen LogP contribution in [0.3, 0.4) is 0 Å². The first-order valence-electron chi connectivity index (χ1n) is 11.7. The summed E-state index contributed by atoms with van der Waals surface area (Å²) in [5.41, 5.74) is 7.15. The second-order valence-corrected chi connectivity index (χ2v) is 8.89. The van der Waals surface area contributed by atoms with Crippen LogP contribution in [-0.2, 0) is 4.74 Å². The van der Waals surface area contributed by atoms with Crippen molar-refractivity contribution in [2.75, 3.05) is 32.8 Å². The van der Waals surface area contributed by atoms with Crippen LogP contribution in [0.25, 0.3) is 11.3 Å². The molecule has 2 aliphatic heterocycles. The number of aryl methyl sites for hydroxylation is 1. The number of hydrogen-bond acceptors (Lipinski definition) is 5. The van der Waals surface area contributed by atoms with Gasteiger partial charge in [-0.2, -0.15) is 0 Å². The maximum absolute atomic E-state index is 11.1. The lowest BCUT2D eigenvalue weighted by molar-refractivity contribution is -0.0615. The summed E-state index contributed by atoms with van der Waals surface area (Å²) in [6, 6.07) is 8.29. The third-order valence-electron chi connectivity index (χ3n) is 6.06. The number of fused-ring (bicyclic) bond motifs is 1. The van der Waals surface area contributed by atoms with Gasteiger partial charge in [-0.15, -0.1) is 0 Å². The van der Waals surface area contributed by atoms with Crippen molar-refractivity contribution in [1.82, 2.24) is 14.8 Å². The predicted octanol–water partition coefficient (Wildman–Crippen LogP) is 4.69. The van der Waals surface area contributed by atoms with Gasteiger partial charge in [-0.3, -0.25) is 4.90 Å². The molecule has 1 fully saturated rings. The number of nitrogens with one attached hydrogen (secondary N) is 1. The zero-order valence-corrected chi connectivity index (χ0v) is 20.1. The first-order valence-corrected chi connectivity index (χ1v) is 11.7. The highest BCUT2D eigenvalue weighted by Crippen LogP contribution is 2.39. The Hall–Kier alpha value is -2.80. The Bertz CT molecular complexity index is 1060. The molecule has 6 nitrogen and oxygen atoms in total. The van der Waals surface area contributed by atoms with Crippen molar-refractivity contribution >= 4 is 11.3 Å². The number of allylic oxidation sites excluding steroid dienone is 1. The number of aliphatic hydroxyl groups excluding tert-OH is 1. The average Bonchev–Trinajstić information content (AvgIpc) is 3.20. The predicted molar refractivity (Wildman–Crippen MR) is 133 cm³/mol. The topological polar surface area (TPSA) is 61.0 Å². The van der Waals surface area contributed by atoms with E-state index in [0.717, 1.165) is 45.9 Å². The van der Waals surface area contributed by atoms with Crippen LogP contribution in [0.15, 0.2) is 49.2 Å². The number of morpholine rings is 1. The molecule has 1 aromatic carbocycles. The number of aliphatic hydroxyl groups is 1. The molecule has 176 valence electrons. The van der Waals surface area contributed by atoms with Crippen molar-refractivity contribution in [1.29, 1.82) is 0 Å². The summed E-state index contributed by atoms with van der Waals surface area (Å²) < 4.78 is 11.6. The zero-order chi connectivity index (χ0) is 23.5. The van der Waals surface area contributed by atoms with Crippen molar-refractivity contribution in [3.8, 4) is 5.75 Å². The summed E-state index contributed by atoms with van der Waals surface area (Å²) in [5, 5.41) is 11.1. The lowest BCUT2D eigenvalue weighted by Gasteiger charge is -2.32. The van der Waals surface area contributed by atoms with Crippen LogP contribution in [0.1, 0.15) is 55.1 Å². The van der Waals surface area contributed by atoms with Gasteiger partial charge in [0, 0.05) is 48.2 Å². The van der Waals surface area contributed by atoms with E-state index in [-0.39, 0.29) is 6.10 Å². The molecule has 0 amide bonds. The molecule has 1 aromatic heterocycles. The number of aromatic amines is 1. The molecule has 0 spiro atoms. The van der Waals surface area contributed by atoms with Gasteiger partial charge in [-0.25, -0.2) is 0 Å². The van der Waals surface area contributed by atoms with Crippen LogP contribution in [0.4, 0.5) is 0 Å². The van der Waals surface area contributed by atoms with Crippen LogP contribution in [0, 0.1) is 6.92 Å². The van der Waals surface area contributed by atoms with Gasteiger partial charge in [-0.05, 0) is 45.4 Å². The van der Waals surface area contributed by atoms with Gasteiger partial charge >= 0.3 is 0 Å². The third kappa shape index (κ3) is 4.93. The molecule has 2 N–H and O–H groups in total. The molecule has 0 radical (unpaired) electrons. The van der Waals surface area contributed by atoms with Crippen LogP contribution in [-0.4, -0.2) is 58.8 Å². The van der Waals surface area contributed by atoms with E-state index in [2.05, 4.69) is 53.9 Å². The van der Waals surface area contributed by atoms with Crippen LogP contribution < -0.4 is 4.74 Å². The van der Waals surface area contributed by atoms with Gasteiger partial charge in [-0.1, -0.05) is 30.9 Å². The fourth-order valence-corrected chi connectivity index (χ4v) is 4.38. The second kappa shape index (κ2) is 10.00. The SMILES string of the molecule is C=C1c2[nH]c(C)cc2C(c2ccc(C(O)N3CCOCC3)c(OC(C)C)c2)=CN1C/C=C/C. The fraction of sp³-hybridized carbons (Fsp3) is 0.407. The number of ether oxygens (including phenoxy) is 2. The summed E-state index contributed by atoms with van der Waals surface area (Å²) in [6.07, 6.45) is 5.59. The quantitative estimate of drug-likeness (QED) is 0.601. The van der Waals surface area contributed by atoms with Gasteiger partial charge in [0.2, 0.25) is 0 Å². The van der Waals surface area contributed by atoms with Gasteiger partial charge in [0.25, 0.3) is 0 Å². The van der Waals surface area contributed by atoms with E-state index in [4.69, 9.17) is 9.47 Å². The normalized spacial score (nSPS) is 18.1. The molecule has 1 saturated heterocycles. The van der Waals surface area contributed by atoms with E-state index in [1.165, 1.54) is 0 Å². The van der Waals surface area contributed by atoms with Crippen LogP contribution in [0.5, 0.6) is 5.75 Å². The lowest BCUT2D eigenvalue weighted by atomic mass is 9.93. The number of benzene rings is 1. The van der Waals surface area contributed by atoms with Crippen molar-refractivity contribution in [2.24, 2.45) is 0 Å². The third-order valence-corrected chi connectivity index (χ3v) is 6.06. The highest BCUT2D eigenvalue weighted by atomic mass is 16.5. The molecular formula is C27H35N3O3. The minimum Gasteiger partial charge on any atom is -0.491 e. The molecule has 0 saturated carbocycles. The Morgan fingerprint density at radius 2 is 2.00 bits per heavy atom. The molecular weight excluding hydrogens is 414 g/mol. The number of H-pyrrole nitrogens is 1. The molecule has 2 aromatic rings. The van der Waals surface area contributed by atoms with Crippen LogP contribution >= 0.6 is 0 Å². The monoisotopic (exact) mass is 449 g/mol. The Labute approximate surface area is 196 Å². The van der Waals surface area contributed by atoms with Crippen molar-refractivity contribution < 1.29 is 14.6 Å². The summed E-state index contributed by atoms with van der Waals surface area (Å²) in [6.45, 7) is 15.8. The zero-order valence-electron chi connectivity index (χ0n) is 20.1. The van der Waals surface area contributed by atoms with E-state index in [9.17, 15) is 5.11 Å². The first-order chi connectivity index (χ1) is 15.9. The van der Waals surface area contributed by atoms with Gasteiger partial charge in [0.1, 0.15) is 12.0 Å². The highest BCUT2D eigenvalue weighted by molar-refractivity contribution is 5.89. The Balaban J connectivity index is 1.76. The minimum absolute atomic E-state index is 0.00717. The minimum atomic E-state index is -0.729. The molecule has 1 unspecified atom stereocenters. The summed E-state index contributed by atoms with van der Waals surface area (Å²) in [4.78, 5) is 7.67. The molecule has 33 heavy (non-hydrogen) atoms. The van der Waals surface area contributed by atoms with Crippen molar-refractivity contribution in [3.05, 3.63) is 77.3 Å². The number of nitrogens with zero attached hydrogens (tertiary/aromatic N) is 2. The molecule has 3 heterocycles. The molecule has 0 aliphatic carbocycles. The fourth-order valence-electron chi connectivity index (χ4n) is 4.38. The maximum atomic E-state index is 11.1. The van der Waals surface area contributed by atoms with E-state index in [0.29, 0.717) is 32.1 Å². The summed E-state index contributed by atoms with van der Waals surface area (Å²) in [5.74, 6) is 0.709. The maximum Gasteiger partial charge on any atom is 0.137 e. The van der Waals surface area contributed by atoms with Gasteiger partial charge < -0.3 is 24.5 Å². The standard InChI is InChI=1S/C27H35N3O3/c1-6-7-10-30-17-24(23-15-19(4)28-26(23)20(30)5)21-8-9-22(25(16-21)33-18(2)3)27(31)29-11-13-32-14-12-29/h6-9,15-18,27-28,31H,5,10-14H2,1-4H3/b7-6+. The summed E-state index contributed by atoms with van der Waals surface area (Å²) >= 11 is 0. The van der Waals surface area contributed by atoms with Crippen LogP contribution in [0.2, 0.25) is 0 Å². The van der Waals surface area contributed by atoms with E-state index in [1.54, 1.807) is 0 Å². The van der Waals surface area contributed by atoms with E-state index in [1.807, 2.05) is 37.8 Å². The summed E-state index contributed by atoms with van der Waals surface area (Å²) in [7, 11) is 0. The number of aromatic nitrogens is 1. The lowest BCUT2D eigenvalue weighted by Crippen LogP contribution is -2.39. The molecule has 6 heteroatoms. The van der Waals surface area contributed by atoms with E-state index >= 15 is 0 Å². The Kier molecular flexibility index (Phi) is 7.08. The molecule has 1 atom stereocenters. The Morgan fingerprint density at radius 3 is 2.70 bits per heavy atom. The largest absolute Gasteiger partial charge is 0.491 e. The molecule has 2 aliphatic rings. The average molecular weight is 450 g/mol. The van der Waals surface area contributed by atoms with E-state index < -0.39 is 6.23 Å². The second-order valence-electron chi connectivity index (χ2n) is 8.89. The van der Waals surface area contributed by atoms with Gasteiger partial charge in [0.15, 0.2) is 0 Å². The number of hydrogen-bond donors (Lipinski definition) is 2. The molecule has 0 bridgehead atoms. The highest BCUT2D eigenvalue weighted by Gasteiger charge is 2.27. The first kappa shape index (κ1) is 23.4. The molecule has 4 rings (SSSR count).